The zero-order valence-corrected chi connectivity index (χ0v) is 20.0. The van der Waals surface area contributed by atoms with Crippen LogP contribution in [0.5, 0.6) is 5.75 Å². The molecular weight excluding hydrogens is 464 g/mol. The number of hydrogen-bond acceptors (Lipinski definition) is 6. The number of carbonyl (C=O) groups excluding carboxylic acids is 2. The molecule has 0 aliphatic carbocycles. The van der Waals surface area contributed by atoms with Crippen LogP contribution in [-0.2, 0) is 16.0 Å². The number of nitrogens with zero attached hydrogens (tertiary/aromatic N) is 1. The van der Waals surface area contributed by atoms with Crippen molar-refractivity contribution in [3.05, 3.63) is 62.6 Å². The Balaban J connectivity index is 2.01. The second-order valence-corrected chi connectivity index (χ2v) is 8.68. The fourth-order valence-corrected chi connectivity index (χ4v) is 3.98. The Morgan fingerprint density at radius 2 is 2.09 bits per heavy atom. The second-order valence-electron chi connectivity index (χ2n) is 8.68. The Morgan fingerprint density at radius 1 is 1.37 bits per heavy atom. The van der Waals surface area contributed by atoms with Crippen LogP contribution in [0.15, 0.2) is 23.0 Å². The van der Waals surface area contributed by atoms with Crippen molar-refractivity contribution >= 4 is 11.8 Å². The van der Waals surface area contributed by atoms with Gasteiger partial charge in [-0.1, -0.05) is 13.0 Å². The number of aromatic amines is 1. The topological polar surface area (TPSA) is 121 Å². The third-order valence-corrected chi connectivity index (χ3v) is 6.39. The number of pyridine rings is 1. The number of hydrogen-bond donors (Lipinski definition) is 3. The molecule has 1 aliphatic heterocycles. The maximum Gasteiger partial charge on any atom is 0.274 e. The Morgan fingerprint density at radius 3 is 2.66 bits per heavy atom. The van der Waals surface area contributed by atoms with Crippen molar-refractivity contribution in [1.82, 2.24) is 15.2 Å². The summed E-state index contributed by atoms with van der Waals surface area (Å²) in [5.41, 5.74) is -2.55. The molecule has 2 unspecified atom stereocenters. The summed E-state index contributed by atoms with van der Waals surface area (Å²) < 4.78 is 37.9. The van der Waals surface area contributed by atoms with E-state index in [1.807, 2.05) is 6.92 Å². The van der Waals surface area contributed by atoms with E-state index in [1.165, 1.54) is 18.1 Å². The number of carbonyl (C=O) groups is 2. The zero-order valence-electron chi connectivity index (χ0n) is 20.0. The first-order chi connectivity index (χ1) is 16.5. The minimum absolute atomic E-state index is 0.000506. The summed E-state index contributed by atoms with van der Waals surface area (Å²) in [6.07, 6.45) is 0.122. The van der Waals surface area contributed by atoms with Crippen molar-refractivity contribution in [2.45, 2.75) is 44.9 Å². The van der Waals surface area contributed by atoms with Crippen LogP contribution in [0, 0.1) is 11.6 Å². The first kappa shape index (κ1) is 26.3. The molecule has 0 bridgehead atoms. The van der Waals surface area contributed by atoms with Gasteiger partial charge in [0.05, 0.1) is 23.9 Å². The van der Waals surface area contributed by atoms with Crippen LogP contribution in [0.1, 0.15) is 64.9 Å². The third kappa shape index (κ3) is 5.20. The molecule has 35 heavy (non-hydrogen) atoms. The third-order valence-electron chi connectivity index (χ3n) is 6.39. The first-order valence-electron chi connectivity index (χ1n) is 11.1. The maximum atomic E-state index is 14.0. The normalized spacial score (nSPS) is 18.3. The first-order valence-corrected chi connectivity index (χ1v) is 11.1. The lowest BCUT2D eigenvalue weighted by Gasteiger charge is -2.34. The standard InChI is InChI=1S/C24H29F2N3O6/c1-5-16(34-4)18-17(22(32)27-11-13-6-7-14(25)10-15(13)26)20(30)21(31)19(28-18)23(33)29(3)24(2)8-9-35-12-24/h6-7,10,16,31H,5,8-9,11-12H2,1-4H3,(H,27,32)(H,28,30). The van der Waals surface area contributed by atoms with Crippen molar-refractivity contribution in [2.24, 2.45) is 0 Å². The highest BCUT2D eigenvalue weighted by atomic mass is 19.1. The number of rotatable bonds is 8. The lowest BCUT2D eigenvalue weighted by molar-refractivity contribution is 0.0538. The van der Waals surface area contributed by atoms with Gasteiger partial charge in [-0.2, -0.15) is 0 Å². The van der Waals surface area contributed by atoms with Gasteiger partial charge in [0, 0.05) is 38.9 Å². The van der Waals surface area contributed by atoms with Gasteiger partial charge in [0.15, 0.2) is 11.4 Å². The lowest BCUT2D eigenvalue weighted by atomic mass is 9.98. The van der Waals surface area contributed by atoms with Crippen LogP contribution in [-0.4, -0.2) is 59.7 Å². The SMILES string of the molecule is CCC(OC)c1[nH]c(C(=O)N(C)C2(C)CCOC2)c(O)c(=O)c1C(=O)NCc1ccc(F)cc1F. The van der Waals surface area contributed by atoms with E-state index in [2.05, 4.69) is 10.3 Å². The van der Waals surface area contributed by atoms with E-state index in [-0.39, 0.29) is 23.5 Å². The molecule has 1 aliphatic rings. The molecule has 0 radical (unpaired) electrons. The molecule has 0 spiro atoms. The second kappa shape index (κ2) is 10.5. The van der Waals surface area contributed by atoms with E-state index in [4.69, 9.17) is 9.47 Å². The van der Waals surface area contributed by atoms with E-state index < -0.39 is 51.8 Å². The van der Waals surface area contributed by atoms with Crippen molar-refractivity contribution in [1.29, 1.82) is 0 Å². The minimum Gasteiger partial charge on any atom is -0.503 e. The van der Waals surface area contributed by atoms with Crippen LogP contribution in [0.3, 0.4) is 0 Å². The van der Waals surface area contributed by atoms with Crippen molar-refractivity contribution in [2.75, 3.05) is 27.4 Å². The Labute approximate surface area is 201 Å². The smallest absolute Gasteiger partial charge is 0.274 e. The lowest BCUT2D eigenvalue weighted by Crippen LogP contribution is -2.48. The predicted octanol–water partition coefficient (Wildman–Crippen LogP) is 2.64. The molecule has 9 nitrogen and oxygen atoms in total. The number of aromatic nitrogens is 1. The molecule has 11 heteroatoms. The summed E-state index contributed by atoms with van der Waals surface area (Å²) >= 11 is 0. The predicted molar refractivity (Wildman–Crippen MR) is 122 cm³/mol. The molecule has 1 saturated heterocycles. The molecule has 1 aromatic heterocycles. The largest absolute Gasteiger partial charge is 0.503 e. The van der Waals surface area contributed by atoms with E-state index in [1.54, 1.807) is 14.0 Å². The molecule has 1 aromatic carbocycles. The van der Waals surface area contributed by atoms with Gasteiger partial charge in [0.1, 0.15) is 17.2 Å². The molecule has 2 amide bonds. The van der Waals surface area contributed by atoms with Crippen molar-refractivity contribution in [3.8, 4) is 5.75 Å². The van der Waals surface area contributed by atoms with Gasteiger partial charge in [0.25, 0.3) is 11.8 Å². The molecule has 3 N–H and O–H groups in total. The van der Waals surface area contributed by atoms with Gasteiger partial charge >= 0.3 is 0 Å². The van der Waals surface area contributed by atoms with Crippen LogP contribution in [0.25, 0.3) is 0 Å². The van der Waals surface area contributed by atoms with Gasteiger partial charge < -0.3 is 29.8 Å². The number of aromatic hydroxyl groups is 1. The van der Waals surface area contributed by atoms with Crippen molar-refractivity contribution in [3.63, 3.8) is 0 Å². The Bertz CT molecular complexity index is 1170. The molecule has 2 heterocycles. The van der Waals surface area contributed by atoms with Crippen LogP contribution >= 0.6 is 0 Å². The average Bonchev–Trinajstić information content (AvgIpc) is 3.28. The summed E-state index contributed by atoms with van der Waals surface area (Å²) in [4.78, 5) is 43.5. The highest BCUT2D eigenvalue weighted by Crippen LogP contribution is 2.29. The molecule has 1 fully saturated rings. The molecule has 0 saturated carbocycles. The zero-order chi connectivity index (χ0) is 25.9. The average molecular weight is 494 g/mol. The van der Waals surface area contributed by atoms with Crippen LogP contribution in [0.2, 0.25) is 0 Å². The quantitative estimate of drug-likeness (QED) is 0.520. The summed E-state index contributed by atoms with van der Waals surface area (Å²) in [5, 5.41) is 13.0. The number of likely N-dealkylation sites (N-methyl/N-ethyl adjacent to an activating group) is 1. The number of halogens is 2. The molecule has 190 valence electrons. The van der Waals surface area contributed by atoms with Gasteiger partial charge in [-0.05, 0) is 25.8 Å². The highest BCUT2D eigenvalue weighted by Gasteiger charge is 2.39. The number of amides is 2. The fourth-order valence-electron chi connectivity index (χ4n) is 3.98. The van der Waals surface area contributed by atoms with E-state index >= 15 is 0 Å². The summed E-state index contributed by atoms with van der Waals surface area (Å²) in [5.74, 6) is -4.12. The summed E-state index contributed by atoms with van der Waals surface area (Å²) in [7, 11) is 2.92. The van der Waals surface area contributed by atoms with E-state index in [0.29, 0.717) is 32.1 Å². The molecule has 2 aromatic rings. The molecule has 3 rings (SSSR count). The van der Waals surface area contributed by atoms with Crippen molar-refractivity contribution < 1.29 is 33.0 Å². The molecular formula is C24H29F2N3O6. The van der Waals surface area contributed by atoms with E-state index in [9.17, 15) is 28.3 Å². The number of benzene rings is 1. The Kier molecular flexibility index (Phi) is 7.91. The van der Waals surface area contributed by atoms with Crippen LogP contribution < -0.4 is 10.7 Å². The Hall–Kier alpha value is -3.31. The number of H-pyrrole nitrogens is 1. The fraction of sp³-hybridized carbons (Fsp3) is 0.458. The van der Waals surface area contributed by atoms with Gasteiger partial charge in [-0.15, -0.1) is 0 Å². The molecule has 2 atom stereocenters. The number of methoxy groups -OCH3 is 1. The summed E-state index contributed by atoms with van der Waals surface area (Å²) in [6, 6.07) is 2.89. The van der Waals surface area contributed by atoms with Gasteiger partial charge in [-0.3, -0.25) is 14.4 Å². The monoisotopic (exact) mass is 493 g/mol. The van der Waals surface area contributed by atoms with Gasteiger partial charge in [0.2, 0.25) is 5.43 Å². The number of ether oxygens (including phenoxy) is 2. The minimum atomic E-state index is -1.07. The van der Waals surface area contributed by atoms with Crippen LogP contribution in [0.4, 0.5) is 8.78 Å². The highest BCUT2D eigenvalue weighted by molar-refractivity contribution is 5.99. The van der Waals surface area contributed by atoms with E-state index in [0.717, 1.165) is 6.07 Å². The number of nitrogens with one attached hydrogen (secondary N) is 2. The maximum absolute atomic E-state index is 14.0. The van der Waals surface area contributed by atoms with Gasteiger partial charge in [-0.25, -0.2) is 8.78 Å². The summed E-state index contributed by atoms with van der Waals surface area (Å²) in [6.45, 7) is 4.00.